The van der Waals surface area contributed by atoms with Crippen LogP contribution in [0.4, 0.5) is 0 Å². The van der Waals surface area contributed by atoms with Crippen LogP contribution in [0.3, 0.4) is 0 Å². The average Bonchev–Trinajstić information content (AvgIpc) is 2.67. The molecule has 3 nitrogen and oxygen atoms in total. The summed E-state index contributed by atoms with van der Waals surface area (Å²) in [7, 11) is 0. The van der Waals surface area contributed by atoms with E-state index in [1.54, 1.807) is 11.3 Å². The molecule has 0 spiro atoms. The largest absolute Gasteiger partial charge is 0.459 e. The van der Waals surface area contributed by atoms with Gasteiger partial charge in [0.1, 0.15) is 12.6 Å². The second-order valence-electron chi connectivity index (χ2n) is 3.08. The molecular formula is C10H15NO2S. The number of ether oxygens (including phenoxy) is 1. The minimum absolute atomic E-state index is 0.305. The van der Waals surface area contributed by atoms with Crippen molar-refractivity contribution < 1.29 is 9.53 Å². The molecule has 1 aromatic heterocycles. The summed E-state index contributed by atoms with van der Waals surface area (Å²) in [6.45, 7) is 2.33. The number of rotatable bonds is 5. The van der Waals surface area contributed by atoms with Gasteiger partial charge in [0.25, 0.3) is 0 Å². The third-order valence-corrected chi connectivity index (χ3v) is 2.69. The Balaban J connectivity index is 2.27. The van der Waals surface area contributed by atoms with Crippen molar-refractivity contribution in [1.82, 2.24) is 0 Å². The van der Waals surface area contributed by atoms with Crippen molar-refractivity contribution in [2.45, 2.75) is 32.4 Å². The van der Waals surface area contributed by atoms with E-state index in [-0.39, 0.29) is 5.97 Å². The van der Waals surface area contributed by atoms with Gasteiger partial charge < -0.3 is 10.5 Å². The Morgan fingerprint density at radius 3 is 3.07 bits per heavy atom. The lowest BCUT2D eigenvalue weighted by Gasteiger charge is -2.09. The summed E-state index contributed by atoms with van der Waals surface area (Å²) in [4.78, 5) is 12.3. The molecule has 0 saturated carbocycles. The van der Waals surface area contributed by atoms with Gasteiger partial charge in [-0.25, -0.2) is 0 Å². The molecule has 1 aromatic rings. The number of carbonyl (C=O) groups excluding carboxylic acids is 1. The van der Waals surface area contributed by atoms with E-state index >= 15 is 0 Å². The van der Waals surface area contributed by atoms with Crippen LogP contribution < -0.4 is 5.73 Å². The maximum atomic E-state index is 11.3. The zero-order valence-electron chi connectivity index (χ0n) is 8.23. The van der Waals surface area contributed by atoms with Crippen LogP contribution >= 0.6 is 11.3 Å². The van der Waals surface area contributed by atoms with Gasteiger partial charge in [-0.2, -0.15) is 0 Å². The van der Waals surface area contributed by atoms with Crippen LogP contribution in [0.1, 0.15) is 24.6 Å². The number of esters is 1. The molecule has 0 amide bonds. The van der Waals surface area contributed by atoms with E-state index in [4.69, 9.17) is 10.5 Å². The van der Waals surface area contributed by atoms with E-state index in [1.807, 2.05) is 24.4 Å². The lowest BCUT2D eigenvalue weighted by Crippen LogP contribution is -2.31. The molecule has 0 saturated heterocycles. The van der Waals surface area contributed by atoms with Crippen molar-refractivity contribution in [3.63, 3.8) is 0 Å². The highest BCUT2D eigenvalue weighted by atomic mass is 32.1. The summed E-state index contributed by atoms with van der Waals surface area (Å²) in [6, 6.07) is 3.39. The molecule has 78 valence electrons. The molecule has 4 heteroatoms. The van der Waals surface area contributed by atoms with Crippen molar-refractivity contribution in [3.8, 4) is 0 Å². The van der Waals surface area contributed by atoms with Gasteiger partial charge in [-0.1, -0.05) is 19.4 Å². The highest BCUT2D eigenvalue weighted by Crippen LogP contribution is 2.10. The number of hydrogen-bond acceptors (Lipinski definition) is 4. The van der Waals surface area contributed by atoms with Crippen molar-refractivity contribution in [2.75, 3.05) is 0 Å². The van der Waals surface area contributed by atoms with Crippen molar-refractivity contribution in [1.29, 1.82) is 0 Å². The molecule has 0 aliphatic heterocycles. The third-order valence-electron chi connectivity index (χ3n) is 1.84. The number of nitrogens with two attached hydrogens (primary N) is 1. The van der Waals surface area contributed by atoms with Crippen molar-refractivity contribution in [2.24, 2.45) is 5.73 Å². The van der Waals surface area contributed by atoms with E-state index in [0.717, 1.165) is 11.3 Å². The fourth-order valence-corrected chi connectivity index (χ4v) is 1.69. The molecule has 1 heterocycles. The molecular weight excluding hydrogens is 198 g/mol. The van der Waals surface area contributed by atoms with Gasteiger partial charge in [-0.15, -0.1) is 11.3 Å². The molecule has 0 aliphatic rings. The van der Waals surface area contributed by atoms with Crippen LogP contribution in [0.5, 0.6) is 0 Å². The van der Waals surface area contributed by atoms with E-state index in [1.165, 1.54) is 0 Å². The lowest BCUT2D eigenvalue weighted by molar-refractivity contribution is -0.146. The Morgan fingerprint density at radius 2 is 2.50 bits per heavy atom. The summed E-state index contributed by atoms with van der Waals surface area (Å²) < 4.78 is 5.05. The summed E-state index contributed by atoms with van der Waals surface area (Å²) in [6.07, 6.45) is 1.58. The smallest absolute Gasteiger partial charge is 0.323 e. The SMILES string of the molecule is CCC[C@H](N)C(=O)OCc1cccs1. The van der Waals surface area contributed by atoms with Gasteiger partial charge in [0.2, 0.25) is 0 Å². The fraction of sp³-hybridized carbons (Fsp3) is 0.500. The highest BCUT2D eigenvalue weighted by molar-refractivity contribution is 7.09. The van der Waals surface area contributed by atoms with Gasteiger partial charge in [0, 0.05) is 4.88 Å². The van der Waals surface area contributed by atoms with Crippen LogP contribution in [0.15, 0.2) is 17.5 Å². The zero-order valence-corrected chi connectivity index (χ0v) is 9.05. The predicted molar refractivity (Wildman–Crippen MR) is 57.0 cm³/mol. The first-order valence-corrected chi connectivity index (χ1v) is 5.56. The van der Waals surface area contributed by atoms with Gasteiger partial charge in [-0.3, -0.25) is 4.79 Å². The maximum absolute atomic E-state index is 11.3. The Labute approximate surface area is 87.9 Å². The van der Waals surface area contributed by atoms with Crippen LogP contribution in [0.25, 0.3) is 0 Å². The summed E-state index contributed by atoms with van der Waals surface area (Å²) in [5, 5.41) is 1.95. The zero-order chi connectivity index (χ0) is 10.4. The Bertz CT molecular complexity index is 272. The van der Waals surface area contributed by atoms with Gasteiger partial charge in [0.05, 0.1) is 0 Å². The minimum atomic E-state index is -0.472. The van der Waals surface area contributed by atoms with Crippen LogP contribution in [0.2, 0.25) is 0 Å². The van der Waals surface area contributed by atoms with E-state index in [9.17, 15) is 4.79 Å². The van der Waals surface area contributed by atoms with Gasteiger partial charge >= 0.3 is 5.97 Å². The normalized spacial score (nSPS) is 12.4. The number of thiophene rings is 1. The van der Waals surface area contributed by atoms with Crippen LogP contribution in [-0.2, 0) is 16.1 Å². The number of carbonyl (C=O) groups is 1. The first-order valence-electron chi connectivity index (χ1n) is 4.68. The fourth-order valence-electron chi connectivity index (χ4n) is 1.07. The highest BCUT2D eigenvalue weighted by Gasteiger charge is 2.13. The number of hydrogen-bond donors (Lipinski definition) is 1. The van der Waals surface area contributed by atoms with E-state index in [0.29, 0.717) is 13.0 Å². The van der Waals surface area contributed by atoms with E-state index < -0.39 is 6.04 Å². The first-order chi connectivity index (χ1) is 6.74. The first kappa shape index (κ1) is 11.2. The molecule has 1 rings (SSSR count). The maximum Gasteiger partial charge on any atom is 0.323 e. The molecule has 0 radical (unpaired) electrons. The average molecular weight is 213 g/mol. The lowest BCUT2D eigenvalue weighted by atomic mass is 10.2. The quantitative estimate of drug-likeness (QED) is 0.760. The summed E-state index contributed by atoms with van der Waals surface area (Å²) >= 11 is 1.57. The molecule has 0 unspecified atom stereocenters. The Morgan fingerprint density at radius 1 is 1.71 bits per heavy atom. The predicted octanol–water partition coefficient (Wildman–Crippen LogP) is 1.92. The molecule has 0 bridgehead atoms. The topological polar surface area (TPSA) is 52.3 Å². The second-order valence-corrected chi connectivity index (χ2v) is 4.11. The van der Waals surface area contributed by atoms with Crippen LogP contribution in [0, 0.1) is 0 Å². The molecule has 0 aliphatic carbocycles. The van der Waals surface area contributed by atoms with Crippen molar-refractivity contribution in [3.05, 3.63) is 22.4 Å². The van der Waals surface area contributed by atoms with Gasteiger partial charge in [0.15, 0.2) is 0 Å². The monoisotopic (exact) mass is 213 g/mol. The minimum Gasteiger partial charge on any atom is -0.459 e. The standard InChI is InChI=1S/C10H15NO2S/c1-2-4-9(11)10(12)13-7-8-5-3-6-14-8/h3,5-6,9H,2,4,7,11H2,1H3/t9-/m0/s1. The summed E-state index contributed by atoms with van der Waals surface area (Å²) in [5.74, 6) is -0.305. The molecule has 2 N–H and O–H groups in total. The Kier molecular flexibility index (Phi) is 4.62. The molecule has 0 aromatic carbocycles. The molecule has 1 atom stereocenters. The second kappa shape index (κ2) is 5.78. The third kappa shape index (κ3) is 3.47. The van der Waals surface area contributed by atoms with Crippen LogP contribution in [-0.4, -0.2) is 12.0 Å². The molecule has 14 heavy (non-hydrogen) atoms. The Hall–Kier alpha value is -0.870. The van der Waals surface area contributed by atoms with Gasteiger partial charge in [-0.05, 0) is 17.9 Å². The summed E-state index contributed by atoms with van der Waals surface area (Å²) in [5.41, 5.74) is 5.60. The van der Waals surface area contributed by atoms with E-state index in [2.05, 4.69) is 0 Å². The van der Waals surface area contributed by atoms with Crippen molar-refractivity contribution >= 4 is 17.3 Å². The molecule has 0 fully saturated rings.